The molecule has 0 spiro atoms. The summed E-state index contributed by atoms with van der Waals surface area (Å²) in [5.41, 5.74) is 1.76. The van der Waals surface area contributed by atoms with Gasteiger partial charge in [0.05, 0.1) is 5.69 Å². The van der Waals surface area contributed by atoms with E-state index in [1.54, 1.807) is 6.07 Å². The van der Waals surface area contributed by atoms with Crippen LogP contribution in [0.15, 0.2) is 36.4 Å². The number of anilines is 1. The van der Waals surface area contributed by atoms with E-state index >= 15 is 0 Å². The molecule has 2 aromatic rings. The average molecular weight is 283 g/mol. The molecule has 0 atom stereocenters. The second-order valence-corrected chi connectivity index (χ2v) is 5.68. The van der Waals surface area contributed by atoms with Crippen molar-refractivity contribution in [3.05, 3.63) is 36.4 Å². The summed E-state index contributed by atoms with van der Waals surface area (Å²) in [7, 11) is 2.03. The van der Waals surface area contributed by atoms with Gasteiger partial charge in [-0.3, -0.25) is 0 Å². The van der Waals surface area contributed by atoms with Crippen molar-refractivity contribution in [3.8, 4) is 17.1 Å². The summed E-state index contributed by atoms with van der Waals surface area (Å²) in [6.07, 6.45) is 6.20. The van der Waals surface area contributed by atoms with Crippen LogP contribution in [-0.2, 0) is 0 Å². The SMILES string of the molecule is CN(c1nc(O)cc(-c2ccccc2)n1)C1CCCCC1. The van der Waals surface area contributed by atoms with E-state index in [1.165, 1.54) is 32.1 Å². The molecule has 0 saturated heterocycles. The third kappa shape index (κ3) is 3.15. The van der Waals surface area contributed by atoms with Gasteiger partial charge in [-0.1, -0.05) is 49.6 Å². The highest BCUT2D eigenvalue weighted by atomic mass is 16.3. The van der Waals surface area contributed by atoms with Crippen LogP contribution in [0.1, 0.15) is 32.1 Å². The van der Waals surface area contributed by atoms with Gasteiger partial charge in [-0.25, -0.2) is 4.98 Å². The summed E-state index contributed by atoms with van der Waals surface area (Å²) in [4.78, 5) is 11.0. The molecule has 1 saturated carbocycles. The summed E-state index contributed by atoms with van der Waals surface area (Å²) in [5, 5.41) is 9.92. The highest BCUT2D eigenvalue weighted by Crippen LogP contribution is 2.27. The van der Waals surface area contributed by atoms with Gasteiger partial charge in [-0.2, -0.15) is 4.98 Å². The van der Waals surface area contributed by atoms with E-state index < -0.39 is 0 Å². The van der Waals surface area contributed by atoms with E-state index in [1.807, 2.05) is 37.4 Å². The minimum absolute atomic E-state index is 0.0292. The molecule has 1 N–H and O–H groups in total. The molecule has 1 aromatic carbocycles. The fourth-order valence-corrected chi connectivity index (χ4v) is 2.97. The largest absolute Gasteiger partial charge is 0.493 e. The van der Waals surface area contributed by atoms with Crippen LogP contribution in [0.25, 0.3) is 11.3 Å². The Morgan fingerprint density at radius 1 is 1.05 bits per heavy atom. The fraction of sp³-hybridized carbons (Fsp3) is 0.412. The Balaban J connectivity index is 1.90. The summed E-state index contributed by atoms with van der Waals surface area (Å²) in [5.74, 6) is 0.641. The van der Waals surface area contributed by atoms with E-state index in [0.29, 0.717) is 12.0 Å². The minimum atomic E-state index is 0.0292. The summed E-state index contributed by atoms with van der Waals surface area (Å²) in [6.45, 7) is 0. The normalized spacial score (nSPS) is 15.9. The number of benzene rings is 1. The van der Waals surface area contributed by atoms with Gasteiger partial charge in [0.1, 0.15) is 0 Å². The molecule has 1 fully saturated rings. The first-order valence-electron chi connectivity index (χ1n) is 7.60. The van der Waals surface area contributed by atoms with Crippen molar-refractivity contribution in [2.24, 2.45) is 0 Å². The van der Waals surface area contributed by atoms with Crippen LogP contribution >= 0.6 is 0 Å². The number of aromatic nitrogens is 2. The van der Waals surface area contributed by atoms with Crippen molar-refractivity contribution in [1.29, 1.82) is 0 Å². The molecule has 0 unspecified atom stereocenters. The van der Waals surface area contributed by atoms with Crippen LogP contribution in [0.2, 0.25) is 0 Å². The Morgan fingerprint density at radius 3 is 2.48 bits per heavy atom. The molecule has 1 aliphatic carbocycles. The molecule has 1 aliphatic rings. The number of aromatic hydroxyl groups is 1. The predicted octanol–water partition coefficient (Wildman–Crippen LogP) is 3.62. The second kappa shape index (κ2) is 6.12. The molecular formula is C17H21N3O. The fourth-order valence-electron chi connectivity index (χ4n) is 2.97. The van der Waals surface area contributed by atoms with Gasteiger partial charge in [0, 0.05) is 24.7 Å². The lowest BCUT2D eigenvalue weighted by Crippen LogP contribution is -2.34. The molecular weight excluding hydrogens is 262 g/mol. The molecule has 0 bridgehead atoms. The quantitative estimate of drug-likeness (QED) is 0.934. The maximum atomic E-state index is 9.92. The molecule has 0 aliphatic heterocycles. The maximum Gasteiger partial charge on any atom is 0.229 e. The van der Waals surface area contributed by atoms with Crippen molar-refractivity contribution in [2.75, 3.05) is 11.9 Å². The third-order valence-corrected chi connectivity index (χ3v) is 4.21. The molecule has 21 heavy (non-hydrogen) atoms. The molecule has 4 heteroatoms. The smallest absolute Gasteiger partial charge is 0.229 e. The molecule has 4 nitrogen and oxygen atoms in total. The van der Waals surface area contributed by atoms with Crippen molar-refractivity contribution in [3.63, 3.8) is 0 Å². The first-order valence-corrected chi connectivity index (χ1v) is 7.60. The van der Waals surface area contributed by atoms with Gasteiger partial charge in [-0.05, 0) is 12.8 Å². The Bertz CT molecular complexity index is 594. The number of hydrogen-bond acceptors (Lipinski definition) is 4. The second-order valence-electron chi connectivity index (χ2n) is 5.68. The summed E-state index contributed by atoms with van der Waals surface area (Å²) in [6, 6.07) is 12.0. The summed E-state index contributed by atoms with van der Waals surface area (Å²) >= 11 is 0. The van der Waals surface area contributed by atoms with Crippen molar-refractivity contribution in [2.45, 2.75) is 38.1 Å². The van der Waals surface area contributed by atoms with Crippen LogP contribution in [-0.4, -0.2) is 28.2 Å². The van der Waals surface area contributed by atoms with E-state index in [4.69, 9.17) is 0 Å². The zero-order valence-corrected chi connectivity index (χ0v) is 12.4. The maximum absolute atomic E-state index is 9.92. The minimum Gasteiger partial charge on any atom is -0.493 e. The molecule has 3 rings (SSSR count). The first kappa shape index (κ1) is 13.9. The van der Waals surface area contributed by atoms with Crippen molar-refractivity contribution < 1.29 is 5.11 Å². The Hall–Kier alpha value is -2.10. The monoisotopic (exact) mass is 283 g/mol. The molecule has 0 radical (unpaired) electrons. The lowest BCUT2D eigenvalue weighted by Gasteiger charge is -2.31. The van der Waals surface area contributed by atoms with E-state index in [-0.39, 0.29) is 5.88 Å². The number of nitrogens with zero attached hydrogens (tertiary/aromatic N) is 3. The average Bonchev–Trinajstić information content (AvgIpc) is 2.55. The molecule has 0 amide bonds. The van der Waals surface area contributed by atoms with Crippen LogP contribution in [0, 0.1) is 0 Å². The highest BCUT2D eigenvalue weighted by Gasteiger charge is 2.21. The lowest BCUT2D eigenvalue weighted by atomic mass is 9.95. The van der Waals surface area contributed by atoms with Gasteiger partial charge in [-0.15, -0.1) is 0 Å². The van der Waals surface area contributed by atoms with E-state index in [0.717, 1.165) is 11.3 Å². The van der Waals surface area contributed by atoms with Gasteiger partial charge < -0.3 is 10.0 Å². The van der Waals surface area contributed by atoms with Gasteiger partial charge in [0.2, 0.25) is 11.8 Å². The van der Waals surface area contributed by atoms with E-state index in [9.17, 15) is 5.11 Å². The van der Waals surface area contributed by atoms with Crippen LogP contribution in [0.4, 0.5) is 5.95 Å². The Kier molecular flexibility index (Phi) is 4.04. The Morgan fingerprint density at radius 2 is 1.76 bits per heavy atom. The number of rotatable bonds is 3. The highest BCUT2D eigenvalue weighted by molar-refractivity contribution is 5.61. The Labute approximate surface area is 125 Å². The molecule has 1 heterocycles. The van der Waals surface area contributed by atoms with Gasteiger partial charge >= 0.3 is 0 Å². The van der Waals surface area contributed by atoms with Crippen molar-refractivity contribution >= 4 is 5.95 Å². The zero-order chi connectivity index (χ0) is 14.7. The molecule has 110 valence electrons. The van der Waals surface area contributed by atoms with Crippen LogP contribution in [0.5, 0.6) is 5.88 Å². The predicted molar refractivity (Wildman–Crippen MR) is 84.4 cm³/mol. The first-order chi connectivity index (χ1) is 10.2. The standard InChI is InChI=1S/C17H21N3O/c1-20(14-10-6-3-7-11-14)17-18-15(12-16(21)19-17)13-8-4-2-5-9-13/h2,4-5,8-9,12,14H,3,6-7,10-11H2,1H3,(H,18,19,21). The van der Waals surface area contributed by atoms with Crippen molar-refractivity contribution in [1.82, 2.24) is 9.97 Å². The zero-order valence-electron chi connectivity index (χ0n) is 12.4. The van der Waals surface area contributed by atoms with Crippen LogP contribution in [0.3, 0.4) is 0 Å². The van der Waals surface area contributed by atoms with Crippen LogP contribution < -0.4 is 4.90 Å². The van der Waals surface area contributed by atoms with Gasteiger partial charge in [0.15, 0.2) is 0 Å². The van der Waals surface area contributed by atoms with E-state index in [2.05, 4.69) is 14.9 Å². The van der Waals surface area contributed by atoms with Gasteiger partial charge in [0.25, 0.3) is 0 Å². The topological polar surface area (TPSA) is 49.2 Å². The lowest BCUT2D eigenvalue weighted by molar-refractivity contribution is 0.419. The molecule has 1 aromatic heterocycles. The number of hydrogen-bond donors (Lipinski definition) is 1. The third-order valence-electron chi connectivity index (χ3n) is 4.21. The summed E-state index contributed by atoms with van der Waals surface area (Å²) < 4.78 is 0.